The summed E-state index contributed by atoms with van der Waals surface area (Å²) in [6.07, 6.45) is 5.51. The van der Waals surface area contributed by atoms with Crippen molar-refractivity contribution in [1.82, 2.24) is 10.2 Å². The van der Waals surface area contributed by atoms with Crippen LogP contribution in [-0.4, -0.2) is 24.5 Å². The van der Waals surface area contributed by atoms with Crippen molar-refractivity contribution in [2.45, 2.75) is 38.3 Å². The first-order valence-electron chi connectivity index (χ1n) is 7.92. The summed E-state index contributed by atoms with van der Waals surface area (Å²) in [4.78, 5) is 3.98. The molecule has 3 nitrogen and oxygen atoms in total. The smallest absolute Gasteiger partial charge is 0.122 e. The molecule has 1 aliphatic heterocycles. The number of furan rings is 1. The van der Waals surface area contributed by atoms with Crippen molar-refractivity contribution < 1.29 is 4.42 Å². The van der Waals surface area contributed by atoms with Crippen molar-refractivity contribution in [3.05, 3.63) is 46.5 Å². The third-order valence-corrected chi connectivity index (χ3v) is 5.29. The molecule has 114 valence electrons. The molecule has 2 atom stereocenters. The van der Waals surface area contributed by atoms with Gasteiger partial charge in [-0.2, -0.15) is 0 Å². The lowest BCUT2D eigenvalue weighted by atomic mass is 10.1. The molecule has 0 aliphatic carbocycles. The van der Waals surface area contributed by atoms with Crippen LogP contribution in [0.5, 0.6) is 0 Å². The van der Waals surface area contributed by atoms with E-state index in [1.807, 2.05) is 17.4 Å². The van der Waals surface area contributed by atoms with E-state index in [1.54, 1.807) is 6.26 Å². The average molecular weight is 304 g/mol. The summed E-state index contributed by atoms with van der Waals surface area (Å²) in [6, 6.07) is 9.27. The summed E-state index contributed by atoms with van der Waals surface area (Å²) in [5, 5.41) is 5.90. The SMILES string of the molecule is CCC(NCC(c1ccco1)N1CCCC1)c1cccs1. The van der Waals surface area contributed by atoms with Gasteiger partial charge in [0.05, 0.1) is 12.3 Å². The van der Waals surface area contributed by atoms with Crippen LogP contribution in [0.3, 0.4) is 0 Å². The van der Waals surface area contributed by atoms with E-state index in [0.29, 0.717) is 12.1 Å². The molecule has 0 spiro atoms. The van der Waals surface area contributed by atoms with E-state index in [4.69, 9.17) is 4.42 Å². The van der Waals surface area contributed by atoms with E-state index in [-0.39, 0.29) is 0 Å². The van der Waals surface area contributed by atoms with Crippen LogP contribution in [0.2, 0.25) is 0 Å². The van der Waals surface area contributed by atoms with Crippen LogP contribution >= 0.6 is 11.3 Å². The number of hydrogen-bond donors (Lipinski definition) is 1. The van der Waals surface area contributed by atoms with E-state index in [1.165, 1.54) is 30.8 Å². The normalized spacial score (nSPS) is 18.9. The van der Waals surface area contributed by atoms with Gasteiger partial charge in [-0.1, -0.05) is 13.0 Å². The number of nitrogens with one attached hydrogen (secondary N) is 1. The van der Waals surface area contributed by atoms with Crippen molar-refractivity contribution >= 4 is 11.3 Å². The highest BCUT2D eigenvalue weighted by molar-refractivity contribution is 7.10. The second-order valence-electron chi connectivity index (χ2n) is 5.66. The van der Waals surface area contributed by atoms with Crippen molar-refractivity contribution in [2.75, 3.05) is 19.6 Å². The standard InChI is InChI=1S/C17H24N2OS/c1-2-14(17-8-6-12-21-17)18-13-15(16-7-5-11-20-16)19-9-3-4-10-19/h5-8,11-12,14-15,18H,2-4,9-10,13H2,1H3. The van der Waals surface area contributed by atoms with Gasteiger partial charge in [0, 0.05) is 17.5 Å². The number of nitrogens with zero attached hydrogens (tertiary/aromatic N) is 1. The predicted molar refractivity (Wildman–Crippen MR) is 87.6 cm³/mol. The van der Waals surface area contributed by atoms with Crippen LogP contribution in [0, 0.1) is 0 Å². The third kappa shape index (κ3) is 3.57. The molecule has 0 amide bonds. The first-order valence-corrected chi connectivity index (χ1v) is 8.80. The number of rotatable bonds is 7. The Bertz CT molecular complexity index is 503. The van der Waals surface area contributed by atoms with Gasteiger partial charge in [0.15, 0.2) is 0 Å². The molecule has 3 heterocycles. The maximum Gasteiger partial charge on any atom is 0.122 e. The van der Waals surface area contributed by atoms with E-state index in [0.717, 1.165) is 18.7 Å². The molecule has 2 aromatic heterocycles. The molecule has 2 unspecified atom stereocenters. The van der Waals surface area contributed by atoms with Gasteiger partial charge >= 0.3 is 0 Å². The lowest BCUT2D eigenvalue weighted by molar-refractivity contribution is 0.204. The van der Waals surface area contributed by atoms with Gasteiger partial charge in [0.1, 0.15) is 5.76 Å². The zero-order valence-electron chi connectivity index (χ0n) is 12.6. The van der Waals surface area contributed by atoms with E-state index in [2.05, 4.69) is 40.7 Å². The maximum absolute atomic E-state index is 5.69. The van der Waals surface area contributed by atoms with Crippen LogP contribution in [-0.2, 0) is 0 Å². The van der Waals surface area contributed by atoms with Gasteiger partial charge in [-0.25, -0.2) is 0 Å². The molecule has 2 aromatic rings. The lowest BCUT2D eigenvalue weighted by Crippen LogP contribution is -2.35. The summed E-state index contributed by atoms with van der Waals surface area (Å²) in [5.74, 6) is 1.09. The van der Waals surface area contributed by atoms with E-state index in [9.17, 15) is 0 Å². The van der Waals surface area contributed by atoms with Gasteiger partial charge < -0.3 is 9.73 Å². The molecule has 3 rings (SSSR count). The van der Waals surface area contributed by atoms with Gasteiger partial charge in [0.25, 0.3) is 0 Å². The van der Waals surface area contributed by atoms with Crippen LogP contribution in [0.4, 0.5) is 0 Å². The average Bonchev–Trinajstić information content (AvgIpc) is 3.26. The lowest BCUT2D eigenvalue weighted by Gasteiger charge is -2.28. The summed E-state index contributed by atoms with van der Waals surface area (Å²) in [6.45, 7) is 5.56. The zero-order chi connectivity index (χ0) is 14.5. The molecule has 1 aliphatic rings. The Balaban J connectivity index is 1.66. The molecule has 1 N–H and O–H groups in total. The second kappa shape index (κ2) is 7.25. The van der Waals surface area contributed by atoms with Gasteiger partial charge in [-0.15, -0.1) is 11.3 Å². The van der Waals surface area contributed by atoms with Crippen LogP contribution < -0.4 is 5.32 Å². The minimum atomic E-state index is 0.358. The zero-order valence-corrected chi connectivity index (χ0v) is 13.4. The largest absolute Gasteiger partial charge is 0.468 e. The highest BCUT2D eigenvalue weighted by Crippen LogP contribution is 2.27. The summed E-state index contributed by atoms with van der Waals surface area (Å²) in [5.41, 5.74) is 0. The molecule has 1 fully saturated rings. The predicted octanol–water partition coefficient (Wildman–Crippen LogP) is 4.22. The molecule has 0 aromatic carbocycles. The minimum Gasteiger partial charge on any atom is -0.468 e. The molecule has 1 saturated heterocycles. The Kier molecular flexibility index (Phi) is 5.12. The second-order valence-corrected chi connectivity index (χ2v) is 6.64. The molecule has 0 bridgehead atoms. The van der Waals surface area contributed by atoms with Crippen molar-refractivity contribution in [1.29, 1.82) is 0 Å². The molecule has 21 heavy (non-hydrogen) atoms. The van der Waals surface area contributed by atoms with Crippen LogP contribution in [0.15, 0.2) is 40.3 Å². The molecular weight excluding hydrogens is 280 g/mol. The highest BCUT2D eigenvalue weighted by Gasteiger charge is 2.26. The Morgan fingerprint density at radius 2 is 2.14 bits per heavy atom. The Morgan fingerprint density at radius 3 is 2.76 bits per heavy atom. The summed E-state index contributed by atoms with van der Waals surface area (Å²) in [7, 11) is 0. The van der Waals surface area contributed by atoms with Crippen LogP contribution in [0.25, 0.3) is 0 Å². The number of likely N-dealkylation sites (tertiary alicyclic amines) is 1. The quantitative estimate of drug-likeness (QED) is 0.830. The Hall–Kier alpha value is -1.10. The van der Waals surface area contributed by atoms with Crippen molar-refractivity contribution in [3.8, 4) is 0 Å². The van der Waals surface area contributed by atoms with Crippen molar-refractivity contribution in [2.24, 2.45) is 0 Å². The summed E-state index contributed by atoms with van der Waals surface area (Å²) >= 11 is 1.84. The highest BCUT2D eigenvalue weighted by atomic mass is 32.1. The minimum absolute atomic E-state index is 0.358. The first-order chi connectivity index (χ1) is 10.4. The maximum atomic E-state index is 5.69. The Morgan fingerprint density at radius 1 is 1.29 bits per heavy atom. The monoisotopic (exact) mass is 304 g/mol. The third-order valence-electron chi connectivity index (χ3n) is 4.31. The first kappa shape index (κ1) is 14.8. The van der Waals surface area contributed by atoms with Gasteiger partial charge in [0.2, 0.25) is 0 Å². The van der Waals surface area contributed by atoms with Gasteiger partial charge in [-0.05, 0) is 55.9 Å². The fourth-order valence-electron chi connectivity index (χ4n) is 3.13. The van der Waals surface area contributed by atoms with Crippen LogP contribution in [0.1, 0.15) is 48.9 Å². The fourth-order valence-corrected chi connectivity index (χ4v) is 4.02. The fraction of sp³-hybridized carbons (Fsp3) is 0.529. The van der Waals surface area contributed by atoms with Gasteiger partial charge in [-0.3, -0.25) is 4.90 Å². The van der Waals surface area contributed by atoms with E-state index < -0.39 is 0 Å². The number of hydrogen-bond acceptors (Lipinski definition) is 4. The summed E-state index contributed by atoms with van der Waals surface area (Å²) < 4.78 is 5.69. The molecule has 0 saturated carbocycles. The van der Waals surface area contributed by atoms with E-state index >= 15 is 0 Å². The topological polar surface area (TPSA) is 28.4 Å². The Labute approximate surface area is 131 Å². The molecule has 4 heteroatoms. The molecule has 0 radical (unpaired) electrons. The number of thiophene rings is 1. The van der Waals surface area contributed by atoms with Crippen molar-refractivity contribution in [3.63, 3.8) is 0 Å². The molecular formula is C17H24N2OS.